The van der Waals surface area contributed by atoms with E-state index in [0.717, 1.165) is 43.1 Å². The number of amides is 1. The van der Waals surface area contributed by atoms with Crippen molar-refractivity contribution in [1.29, 1.82) is 0 Å². The van der Waals surface area contributed by atoms with Crippen LogP contribution < -0.4 is 25.0 Å². The molecule has 1 aromatic heterocycles. The predicted octanol–water partition coefficient (Wildman–Crippen LogP) is 4.16. The third-order valence-corrected chi connectivity index (χ3v) is 8.14. The van der Waals surface area contributed by atoms with Crippen molar-refractivity contribution in [3.63, 3.8) is 0 Å². The second kappa shape index (κ2) is 13.5. The molecule has 39 heavy (non-hydrogen) atoms. The number of aromatic nitrogens is 1. The average Bonchev–Trinajstić information content (AvgIpc) is 3.22. The van der Waals surface area contributed by atoms with Crippen LogP contribution >= 0.6 is 11.6 Å². The number of pyridine rings is 1. The van der Waals surface area contributed by atoms with Gasteiger partial charge in [0.1, 0.15) is 11.9 Å². The number of benzene rings is 1. The second-order valence-corrected chi connectivity index (χ2v) is 11.0. The van der Waals surface area contributed by atoms with Gasteiger partial charge in [-0.25, -0.2) is 4.98 Å². The summed E-state index contributed by atoms with van der Waals surface area (Å²) in [5.41, 5.74) is 7.58. The first kappa shape index (κ1) is 29.2. The molecule has 9 nitrogen and oxygen atoms in total. The van der Waals surface area contributed by atoms with Crippen LogP contribution in [0.25, 0.3) is 0 Å². The largest absolute Gasteiger partial charge is 0.490 e. The molecule has 1 aromatic carbocycles. The Morgan fingerprint density at radius 2 is 1.90 bits per heavy atom. The highest BCUT2D eigenvalue weighted by molar-refractivity contribution is 6.33. The molecule has 5 atom stereocenters. The molecule has 0 radical (unpaired) electrons. The molecule has 0 aliphatic carbocycles. The molecule has 2 saturated heterocycles. The van der Waals surface area contributed by atoms with E-state index in [1.54, 1.807) is 20.4 Å². The maximum Gasteiger partial charge on any atom is 0.219 e. The highest BCUT2D eigenvalue weighted by Gasteiger charge is 2.40. The van der Waals surface area contributed by atoms with Gasteiger partial charge in [0, 0.05) is 82.4 Å². The zero-order chi connectivity index (χ0) is 27.9. The van der Waals surface area contributed by atoms with Crippen molar-refractivity contribution < 1.29 is 23.7 Å². The van der Waals surface area contributed by atoms with Crippen molar-refractivity contribution in [3.8, 4) is 11.6 Å². The molecule has 0 bridgehead atoms. The number of rotatable bonds is 12. The van der Waals surface area contributed by atoms with Gasteiger partial charge in [-0.15, -0.1) is 0 Å². The lowest BCUT2D eigenvalue weighted by Gasteiger charge is -2.38. The highest BCUT2D eigenvalue weighted by Crippen LogP contribution is 2.36. The van der Waals surface area contributed by atoms with E-state index in [1.165, 1.54) is 0 Å². The fourth-order valence-corrected chi connectivity index (χ4v) is 5.86. The number of hydrogen-bond donors (Lipinski definition) is 1. The van der Waals surface area contributed by atoms with Gasteiger partial charge in [-0.2, -0.15) is 0 Å². The molecule has 2 aromatic rings. The van der Waals surface area contributed by atoms with E-state index >= 15 is 0 Å². The number of nitrogens with zero attached hydrogens (tertiary/aromatic N) is 3. The molecular formula is C29H41ClN4O5. The summed E-state index contributed by atoms with van der Waals surface area (Å²) in [6.07, 6.45) is 3.76. The van der Waals surface area contributed by atoms with E-state index < -0.39 is 0 Å². The van der Waals surface area contributed by atoms with Crippen LogP contribution in [0.3, 0.4) is 0 Å². The summed E-state index contributed by atoms with van der Waals surface area (Å²) < 4.78 is 23.0. The lowest BCUT2D eigenvalue weighted by Crippen LogP contribution is -2.44. The van der Waals surface area contributed by atoms with E-state index in [9.17, 15) is 4.79 Å². The number of primary amides is 1. The van der Waals surface area contributed by atoms with Crippen molar-refractivity contribution in [1.82, 2.24) is 4.98 Å². The Labute approximate surface area is 236 Å². The minimum absolute atomic E-state index is 0.00956. The lowest BCUT2D eigenvalue weighted by atomic mass is 9.96. The number of carbonyl (C=O) groups excluding carboxylic acids is 1. The molecule has 1 amide bonds. The standard InChI is InChI=1S/C29H41ClN4O5/c1-19-17-33(25-15-29(37-4)32-16-23(25)30)11-10-26(19)39-22-8-6-21(7-9-22)34-18-27(38-13-5-12-36-3)20(2)24(34)14-28(31)35/h6-9,15-16,19-20,24,26-27H,5,10-14,17-18H2,1-4H3,(H2,31,35). The smallest absolute Gasteiger partial charge is 0.219 e. The lowest BCUT2D eigenvalue weighted by molar-refractivity contribution is -0.118. The summed E-state index contributed by atoms with van der Waals surface area (Å²) in [6.45, 7) is 7.99. The Kier molecular flexibility index (Phi) is 10.2. The topological polar surface area (TPSA) is 99.4 Å². The first-order valence-corrected chi connectivity index (χ1v) is 14.0. The SMILES string of the molecule is COCCCOC1CN(c2ccc(OC3CCN(c4cc(OC)ncc4Cl)CC3C)cc2)C(CC(N)=O)C1C. The van der Waals surface area contributed by atoms with Crippen LogP contribution in [-0.4, -0.2) is 76.2 Å². The number of hydrogen-bond acceptors (Lipinski definition) is 8. The molecule has 3 heterocycles. The van der Waals surface area contributed by atoms with Gasteiger partial charge in [0.2, 0.25) is 11.8 Å². The molecular weight excluding hydrogens is 520 g/mol. The Hall–Kier alpha value is -2.75. The molecule has 2 N–H and O–H groups in total. The van der Waals surface area contributed by atoms with Gasteiger partial charge in [-0.1, -0.05) is 25.4 Å². The third kappa shape index (κ3) is 7.26. The van der Waals surface area contributed by atoms with Crippen LogP contribution in [0, 0.1) is 11.8 Å². The quantitative estimate of drug-likeness (QED) is 0.386. The number of nitrogens with two attached hydrogens (primary N) is 1. The van der Waals surface area contributed by atoms with Crippen molar-refractivity contribution in [2.45, 2.75) is 51.4 Å². The minimum atomic E-state index is -0.302. The molecule has 2 aliphatic heterocycles. The fraction of sp³-hybridized carbons (Fsp3) is 0.586. The van der Waals surface area contributed by atoms with Crippen LogP contribution in [0.5, 0.6) is 11.6 Å². The molecule has 2 aliphatic rings. The molecule has 214 valence electrons. The van der Waals surface area contributed by atoms with Crippen molar-refractivity contribution in [3.05, 3.63) is 41.6 Å². The first-order chi connectivity index (χ1) is 18.8. The monoisotopic (exact) mass is 560 g/mol. The Morgan fingerprint density at radius 3 is 2.56 bits per heavy atom. The number of piperidine rings is 1. The van der Waals surface area contributed by atoms with E-state index in [0.29, 0.717) is 43.0 Å². The highest BCUT2D eigenvalue weighted by atomic mass is 35.5. The average molecular weight is 561 g/mol. The van der Waals surface area contributed by atoms with E-state index in [2.05, 4.69) is 40.8 Å². The molecule has 5 unspecified atom stereocenters. The zero-order valence-corrected chi connectivity index (χ0v) is 24.1. The van der Waals surface area contributed by atoms with Crippen molar-refractivity contribution >= 4 is 28.9 Å². The van der Waals surface area contributed by atoms with Crippen LogP contribution in [0.4, 0.5) is 11.4 Å². The number of ether oxygens (including phenoxy) is 4. The van der Waals surface area contributed by atoms with E-state index in [1.807, 2.05) is 18.2 Å². The summed E-state index contributed by atoms with van der Waals surface area (Å²) >= 11 is 6.43. The van der Waals surface area contributed by atoms with Crippen molar-refractivity contribution in [2.75, 3.05) is 56.9 Å². The van der Waals surface area contributed by atoms with Gasteiger partial charge in [-0.3, -0.25) is 4.79 Å². The van der Waals surface area contributed by atoms with E-state index in [4.69, 9.17) is 36.3 Å². The van der Waals surface area contributed by atoms with Gasteiger partial charge in [-0.05, 0) is 30.7 Å². The number of methoxy groups -OCH3 is 2. The molecule has 0 saturated carbocycles. The molecule has 4 rings (SSSR count). The van der Waals surface area contributed by atoms with Crippen molar-refractivity contribution in [2.24, 2.45) is 17.6 Å². The third-order valence-electron chi connectivity index (χ3n) is 7.85. The zero-order valence-electron chi connectivity index (χ0n) is 23.3. The summed E-state index contributed by atoms with van der Waals surface area (Å²) in [7, 11) is 3.29. The van der Waals surface area contributed by atoms with Gasteiger partial charge in [0.25, 0.3) is 0 Å². The minimum Gasteiger partial charge on any atom is -0.490 e. The predicted molar refractivity (Wildman–Crippen MR) is 153 cm³/mol. The number of carbonyl (C=O) groups is 1. The van der Waals surface area contributed by atoms with Crippen LogP contribution in [0.15, 0.2) is 36.5 Å². The molecule has 0 spiro atoms. The summed E-state index contributed by atoms with van der Waals surface area (Å²) in [5.74, 6) is 1.55. The second-order valence-electron chi connectivity index (χ2n) is 10.5. The van der Waals surface area contributed by atoms with Gasteiger partial charge in [0.15, 0.2) is 0 Å². The summed E-state index contributed by atoms with van der Waals surface area (Å²) in [5, 5.41) is 0.617. The normalized spacial score (nSPS) is 25.1. The van der Waals surface area contributed by atoms with E-state index in [-0.39, 0.29) is 30.1 Å². The Morgan fingerprint density at radius 1 is 1.13 bits per heavy atom. The van der Waals surface area contributed by atoms with Crippen LogP contribution in [0.1, 0.15) is 33.1 Å². The maximum atomic E-state index is 11.9. The summed E-state index contributed by atoms with van der Waals surface area (Å²) in [4.78, 5) is 20.5. The number of halogens is 1. The number of anilines is 2. The fourth-order valence-electron chi connectivity index (χ4n) is 5.64. The van der Waals surface area contributed by atoms with Gasteiger partial charge in [0.05, 0.1) is 30.1 Å². The molecule has 10 heteroatoms. The van der Waals surface area contributed by atoms with Crippen LogP contribution in [-0.2, 0) is 14.3 Å². The Bertz CT molecular complexity index is 1090. The maximum absolute atomic E-state index is 11.9. The van der Waals surface area contributed by atoms with Gasteiger partial charge >= 0.3 is 0 Å². The first-order valence-electron chi connectivity index (χ1n) is 13.7. The van der Waals surface area contributed by atoms with Gasteiger partial charge < -0.3 is 34.5 Å². The molecule has 2 fully saturated rings. The Balaban J connectivity index is 1.37. The summed E-state index contributed by atoms with van der Waals surface area (Å²) in [6, 6.07) is 10.0. The van der Waals surface area contributed by atoms with Crippen LogP contribution in [0.2, 0.25) is 5.02 Å².